The summed E-state index contributed by atoms with van der Waals surface area (Å²) < 4.78 is 14.6. The number of ether oxygens (including phenoxy) is 3. The van der Waals surface area contributed by atoms with Gasteiger partial charge in [-0.2, -0.15) is 0 Å². The standard InChI is InChI=1S/C24H26O7/c1-29-22(26)18-10-8-17(13-19(18)23(27)30-2)7-6-15-4-3-5-16(12-15)9-11-21-20(14-25)24(28)31-21/h3-5,8,10,12-13,20-21,25H,6-7,9,11,14H2,1-2H3/t20-,21-/m1/s1. The normalized spacial score (nSPS) is 17.5. The van der Waals surface area contributed by atoms with Crippen LogP contribution in [0.25, 0.3) is 0 Å². The molecule has 2 aromatic rings. The summed E-state index contributed by atoms with van der Waals surface area (Å²) in [5.74, 6) is -1.90. The van der Waals surface area contributed by atoms with Crippen molar-refractivity contribution in [3.05, 3.63) is 70.3 Å². The van der Waals surface area contributed by atoms with Gasteiger partial charge in [0.1, 0.15) is 12.0 Å². The molecule has 0 unspecified atom stereocenters. The van der Waals surface area contributed by atoms with Crippen LogP contribution >= 0.6 is 0 Å². The summed E-state index contributed by atoms with van der Waals surface area (Å²) in [6, 6.07) is 13.2. The molecular formula is C24H26O7. The molecule has 31 heavy (non-hydrogen) atoms. The highest BCUT2D eigenvalue weighted by atomic mass is 16.6. The third-order valence-electron chi connectivity index (χ3n) is 5.52. The number of cyclic esters (lactones) is 1. The first kappa shape index (κ1) is 22.5. The first-order valence-electron chi connectivity index (χ1n) is 10.2. The molecule has 0 aromatic heterocycles. The van der Waals surface area contributed by atoms with E-state index < -0.39 is 17.9 Å². The Hall–Kier alpha value is -3.19. The molecule has 1 N–H and O–H groups in total. The van der Waals surface area contributed by atoms with Gasteiger partial charge in [-0.15, -0.1) is 0 Å². The Morgan fingerprint density at radius 3 is 2.13 bits per heavy atom. The van der Waals surface area contributed by atoms with Gasteiger partial charge in [0.25, 0.3) is 0 Å². The Kier molecular flexibility index (Phi) is 7.41. The van der Waals surface area contributed by atoms with Crippen molar-refractivity contribution in [3.63, 3.8) is 0 Å². The molecular weight excluding hydrogens is 400 g/mol. The third kappa shape index (κ3) is 5.30. The SMILES string of the molecule is COC(=O)c1ccc(CCc2cccc(CC[C@H]3OC(=O)[C@@H]3CO)c2)cc1C(=O)OC. The molecule has 164 valence electrons. The molecule has 7 nitrogen and oxygen atoms in total. The molecule has 0 saturated carbocycles. The maximum Gasteiger partial charge on any atom is 0.338 e. The van der Waals surface area contributed by atoms with Gasteiger partial charge in [0.15, 0.2) is 0 Å². The van der Waals surface area contributed by atoms with Crippen molar-refractivity contribution in [1.82, 2.24) is 0 Å². The minimum atomic E-state index is -0.583. The van der Waals surface area contributed by atoms with Crippen LogP contribution in [0.5, 0.6) is 0 Å². The largest absolute Gasteiger partial charge is 0.465 e. The van der Waals surface area contributed by atoms with Crippen LogP contribution in [0.3, 0.4) is 0 Å². The van der Waals surface area contributed by atoms with Crippen molar-refractivity contribution in [1.29, 1.82) is 0 Å². The van der Waals surface area contributed by atoms with E-state index in [9.17, 15) is 19.5 Å². The zero-order chi connectivity index (χ0) is 22.4. The van der Waals surface area contributed by atoms with Gasteiger partial charge in [0, 0.05) is 0 Å². The molecule has 3 rings (SSSR count). The minimum absolute atomic E-state index is 0.175. The second kappa shape index (κ2) is 10.2. The maximum absolute atomic E-state index is 12.1. The predicted octanol–water partition coefficient (Wildman–Crippen LogP) is 2.51. The average Bonchev–Trinajstić information content (AvgIpc) is 2.79. The summed E-state index contributed by atoms with van der Waals surface area (Å²) in [5.41, 5.74) is 3.55. The molecule has 0 aliphatic carbocycles. The van der Waals surface area contributed by atoms with Crippen molar-refractivity contribution >= 4 is 17.9 Å². The van der Waals surface area contributed by atoms with Gasteiger partial charge >= 0.3 is 17.9 Å². The molecule has 1 aliphatic rings. The van der Waals surface area contributed by atoms with E-state index in [2.05, 4.69) is 6.07 Å². The highest BCUT2D eigenvalue weighted by Gasteiger charge is 2.41. The quantitative estimate of drug-likeness (QED) is 0.486. The number of rotatable bonds is 9. The number of hydrogen-bond acceptors (Lipinski definition) is 7. The van der Waals surface area contributed by atoms with Crippen LogP contribution in [0.4, 0.5) is 0 Å². The van der Waals surface area contributed by atoms with E-state index >= 15 is 0 Å². The number of esters is 3. The number of methoxy groups -OCH3 is 2. The van der Waals surface area contributed by atoms with E-state index in [4.69, 9.17) is 14.2 Å². The predicted molar refractivity (Wildman–Crippen MR) is 112 cm³/mol. The summed E-state index contributed by atoms with van der Waals surface area (Å²) in [4.78, 5) is 35.3. The highest BCUT2D eigenvalue weighted by molar-refractivity contribution is 6.03. The smallest absolute Gasteiger partial charge is 0.338 e. The second-order valence-electron chi connectivity index (χ2n) is 7.49. The van der Waals surface area contributed by atoms with Crippen molar-refractivity contribution in [3.8, 4) is 0 Å². The number of aryl methyl sites for hydroxylation is 3. The van der Waals surface area contributed by atoms with Crippen LogP contribution in [0.15, 0.2) is 42.5 Å². The lowest BCUT2D eigenvalue weighted by molar-refractivity contribution is -0.188. The van der Waals surface area contributed by atoms with Crippen molar-refractivity contribution < 1.29 is 33.7 Å². The number of benzene rings is 2. The topological polar surface area (TPSA) is 99.1 Å². The molecule has 0 bridgehead atoms. The van der Waals surface area contributed by atoms with Gasteiger partial charge in [-0.3, -0.25) is 4.79 Å². The van der Waals surface area contributed by atoms with E-state index in [0.29, 0.717) is 12.8 Å². The van der Waals surface area contributed by atoms with Gasteiger partial charge in [-0.1, -0.05) is 30.3 Å². The van der Waals surface area contributed by atoms with Gasteiger partial charge in [0.05, 0.1) is 32.0 Å². The average molecular weight is 426 g/mol. The van der Waals surface area contributed by atoms with Crippen molar-refractivity contribution in [2.75, 3.05) is 20.8 Å². The lowest BCUT2D eigenvalue weighted by atomic mass is 9.91. The van der Waals surface area contributed by atoms with Crippen LogP contribution in [0.2, 0.25) is 0 Å². The molecule has 0 radical (unpaired) electrons. The summed E-state index contributed by atoms with van der Waals surface area (Å²) in [6.45, 7) is -0.175. The number of hydrogen-bond donors (Lipinski definition) is 1. The van der Waals surface area contributed by atoms with Gasteiger partial charge in [0.2, 0.25) is 0 Å². The van der Waals surface area contributed by atoms with E-state index in [0.717, 1.165) is 29.5 Å². The zero-order valence-corrected chi connectivity index (χ0v) is 17.6. The third-order valence-corrected chi connectivity index (χ3v) is 5.52. The number of aliphatic hydroxyl groups is 1. The van der Waals surface area contributed by atoms with Crippen LogP contribution in [0.1, 0.15) is 43.8 Å². The Morgan fingerprint density at radius 1 is 0.903 bits per heavy atom. The number of carbonyl (C=O) groups is 3. The molecule has 2 atom stereocenters. The Labute approximate surface area is 180 Å². The fraction of sp³-hybridized carbons (Fsp3) is 0.375. The summed E-state index contributed by atoms with van der Waals surface area (Å²) >= 11 is 0. The van der Waals surface area contributed by atoms with E-state index in [1.54, 1.807) is 12.1 Å². The fourth-order valence-corrected chi connectivity index (χ4v) is 3.70. The minimum Gasteiger partial charge on any atom is -0.465 e. The summed E-state index contributed by atoms with van der Waals surface area (Å²) in [5, 5.41) is 9.22. The first-order valence-corrected chi connectivity index (χ1v) is 10.2. The Bertz CT molecular complexity index is 966. The van der Waals surface area contributed by atoms with Crippen molar-refractivity contribution in [2.45, 2.75) is 31.8 Å². The number of aliphatic hydroxyl groups excluding tert-OH is 1. The molecule has 1 aliphatic heterocycles. The van der Waals surface area contributed by atoms with Crippen LogP contribution in [0, 0.1) is 5.92 Å². The molecule has 7 heteroatoms. The summed E-state index contributed by atoms with van der Waals surface area (Å²) in [6.07, 6.45) is 2.65. The monoisotopic (exact) mass is 426 g/mol. The van der Waals surface area contributed by atoms with Crippen molar-refractivity contribution in [2.24, 2.45) is 5.92 Å². The second-order valence-corrected chi connectivity index (χ2v) is 7.49. The van der Waals surface area contributed by atoms with Crippen LogP contribution in [-0.4, -0.2) is 49.9 Å². The molecule has 1 fully saturated rings. The number of carbonyl (C=O) groups excluding carboxylic acids is 3. The zero-order valence-electron chi connectivity index (χ0n) is 17.6. The Morgan fingerprint density at radius 2 is 1.52 bits per heavy atom. The molecule has 1 heterocycles. The van der Waals surface area contributed by atoms with Crippen LogP contribution < -0.4 is 0 Å². The molecule has 0 amide bonds. The van der Waals surface area contributed by atoms with Gasteiger partial charge in [-0.25, -0.2) is 9.59 Å². The van der Waals surface area contributed by atoms with E-state index in [1.165, 1.54) is 14.2 Å². The Balaban J connectivity index is 1.63. The van der Waals surface area contributed by atoms with E-state index in [1.807, 2.05) is 24.3 Å². The fourth-order valence-electron chi connectivity index (χ4n) is 3.70. The van der Waals surface area contributed by atoms with E-state index in [-0.39, 0.29) is 29.8 Å². The van der Waals surface area contributed by atoms with Crippen LogP contribution in [-0.2, 0) is 38.3 Å². The maximum atomic E-state index is 12.1. The summed E-state index contributed by atoms with van der Waals surface area (Å²) in [7, 11) is 2.54. The highest BCUT2D eigenvalue weighted by Crippen LogP contribution is 2.26. The first-order chi connectivity index (χ1) is 15.0. The lowest BCUT2D eigenvalue weighted by Crippen LogP contribution is -2.47. The molecule has 0 spiro atoms. The lowest BCUT2D eigenvalue weighted by Gasteiger charge is -2.33. The van der Waals surface area contributed by atoms with Gasteiger partial charge in [-0.05, 0) is 54.5 Å². The molecule has 1 saturated heterocycles. The molecule has 2 aromatic carbocycles. The van der Waals surface area contributed by atoms with Gasteiger partial charge < -0.3 is 19.3 Å².